The van der Waals surface area contributed by atoms with Gasteiger partial charge in [0, 0.05) is 18.1 Å². The first-order valence-electron chi connectivity index (χ1n) is 7.84. The summed E-state index contributed by atoms with van der Waals surface area (Å²) >= 11 is 0. The lowest BCUT2D eigenvalue weighted by molar-refractivity contribution is 0.183. The van der Waals surface area contributed by atoms with E-state index in [-0.39, 0.29) is 0 Å². The van der Waals surface area contributed by atoms with Crippen LogP contribution in [0.5, 0.6) is 0 Å². The molecule has 0 bridgehead atoms. The molecule has 2 unspecified atom stereocenters. The van der Waals surface area contributed by atoms with E-state index in [0.29, 0.717) is 0 Å². The first kappa shape index (κ1) is 13.4. The second-order valence-corrected chi connectivity index (χ2v) is 5.94. The quantitative estimate of drug-likeness (QED) is 0.699. The Morgan fingerprint density at radius 2 is 1.76 bits per heavy atom. The van der Waals surface area contributed by atoms with Crippen LogP contribution in [0.4, 0.5) is 0 Å². The van der Waals surface area contributed by atoms with Gasteiger partial charge < -0.3 is 5.32 Å². The number of nitrogens with one attached hydrogen (secondary N) is 1. The van der Waals surface area contributed by atoms with Crippen molar-refractivity contribution in [1.82, 2.24) is 10.2 Å². The van der Waals surface area contributed by atoms with Gasteiger partial charge in [0.2, 0.25) is 0 Å². The maximum Gasteiger partial charge on any atom is 0.0114 e. The lowest BCUT2D eigenvalue weighted by Gasteiger charge is -2.29. The van der Waals surface area contributed by atoms with Gasteiger partial charge in [0.05, 0.1) is 0 Å². The highest BCUT2D eigenvalue weighted by Crippen LogP contribution is 2.34. The third kappa shape index (κ3) is 3.96. The summed E-state index contributed by atoms with van der Waals surface area (Å²) in [5.74, 6) is 0. The largest absolute Gasteiger partial charge is 0.314 e. The van der Waals surface area contributed by atoms with Crippen LogP contribution in [0.2, 0.25) is 0 Å². The molecule has 2 saturated carbocycles. The molecular weight excluding hydrogens is 208 g/mol. The summed E-state index contributed by atoms with van der Waals surface area (Å²) in [6.07, 6.45) is 11.2. The average molecular weight is 238 g/mol. The molecule has 0 saturated heterocycles. The van der Waals surface area contributed by atoms with Gasteiger partial charge in [0.25, 0.3) is 0 Å². The Kier molecular flexibility index (Phi) is 5.30. The molecule has 0 amide bonds. The van der Waals surface area contributed by atoms with Gasteiger partial charge >= 0.3 is 0 Å². The first-order valence-corrected chi connectivity index (χ1v) is 7.84. The van der Waals surface area contributed by atoms with Crippen molar-refractivity contribution in [2.75, 3.05) is 13.1 Å². The van der Waals surface area contributed by atoms with Crippen molar-refractivity contribution in [3.05, 3.63) is 0 Å². The first-order chi connectivity index (χ1) is 8.35. The molecule has 0 aromatic carbocycles. The minimum atomic E-state index is 0.808. The summed E-state index contributed by atoms with van der Waals surface area (Å²) in [6.45, 7) is 7.13. The van der Waals surface area contributed by atoms with Gasteiger partial charge in [-0.3, -0.25) is 4.90 Å². The predicted octanol–water partition coefficient (Wildman–Crippen LogP) is 3.17. The summed E-state index contributed by atoms with van der Waals surface area (Å²) in [4.78, 5) is 2.84. The van der Waals surface area contributed by atoms with E-state index in [0.717, 1.165) is 18.1 Å². The fourth-order valence-corrected chi connectivity index (χ4v) is 3.20. The molecule has 0 radical (unpaired) electrons. The molecule has 0 aromatic rings. The van der Waals surface area contributed by atoms with Crippen LogP contribution < -0.4 is 5.32 Å². The maximum absolute atomic E-state index is 3.70. The molecule has 2 heteroatoms. The fraction of sp³-hybridized carbons (Fsp3) is 1.00. The molecule has 1 N–H and O–H groups in total. The zero-order chi connectivity index (χ0) is 12.1. The zero-order valence-corrected chi connectivity index (χ0v) is 11.8. The summed E-state index contributed by atoms with van der Waals surface area (Å²) in [6, 6.07) is 2.66. The van der Waals surface area contributed by atoms with Crippen molar-refractivity contribution in [2.24, 2.45) is 0 Å². The number of unbranched alkanes of at least 4 members (excludes halogenated alkanes) is 1. The Hall–Kier alpha value is -0.0800. The van der Waals surface area contributed by atoms with E-state index in [1.807, 2.05) is 0 Å². The van der Waals surface area contributed by atoms with E-state index in [9.17, 15) is 0 Å². The Morgan fingerprint density at radius 1 is 1.00 bits per heavy atom. The third-order valence-corrected chi connectivity index (χ3v) is 4.34. The molecule has 2 nitrogen and oxygen atoms in total. The third-order valence-electron chi connectivity index (χ3n) is 4.34. The summed E-state index contributed by atoms with van der Waals surface area (Å²) in [5, 5.41) is 3.70. The van der Waals surface area contributed by atoms with Crippen molar-refractivity contribution < 1.29 is 0 Å². The Balaban J connectivity index is 1.75. The molecule has 0 heterocycles. The van der Waals surface area contributed by atoms with Gasteiger partial charge in [0.1, 0.15) is 0 Å². The molecule has 2 fully saturated rings. The van der Waals surface area contributed by atoms with E-state index in [2.05, 4.69) is 24.1 Å². The molecule has 2 atom stereocenters. The van der Waals surface area contributed by atoms with Gasteiger partial charge in [-0.25, -0.2) is 0 Å². The molecule has 100 valence electrons. The van der Waals surface area contributed by atoms with Crippen LogP contribution in [0.25, 0.3) is 0 Å². The number of rotatable bonds is 8. The van der Waals surface area contributed by atoms with E-state index in [4.69, 9.17) is 0 Å². The van der Waals surface area contributed by atoms with Crippen LogP contribution in [0, 0.1) is 0 Å². The van der Waals surface area contributed by atoms with Crippen molar-refractivity contribution in [1.29, 1.82) is 0 Å². The van der Waals surface area contributed by atoms with Crippen molar-refractivity contribution in [2.45, 2.75) is 83.3 Å². The molecule has 0 spiro atoms. The van der Waals surface area contributed by atoms with Crippen molar-refractivity contribution in [3.63, 3.8) is 0 Å². The highest BCUT2D eigenvalue weighted by atomic mass is 15.2. The fourth-order valence-electron chi connectivity index (χ4n) is 3.20. The standard InChI is InChI=1S/C15H30N2/c1-3-5-11-17(14-8-9-14)15-7-6-13(12-15)16-10-4-2/h13-16H,3-12H2,1-2H3. The summed E-state index contributed by atoms with van der Waals surface area (Å²) in [5.41, 5.74) is 0. The molecule has 2 aliphatic carbocycles. The van der Waals surface area contributed by atoms with Gasteiger partial charge in [-0.1, -0.05) is 20.3 Å². The maximum atomic E-state index is 3.70. The van der Waals surface area contributed by atoms with E-state index in [1.54, 1.807) is 0 Å². The Labute approximate surface area is 107 Å². The van der Waals surface area contributed by atoms with E-state index >= 15 is 0 Å². The molecule has 0 aliphatic heterocycles. The van der Waals surface area contributed by atoms with Gasteiger partial charge in [0.15, 0.2) is 0 Å². The second kappa shape index (κ2) is 6.75. The van der Waals surface area contributed by atoms with Gasteiger partial charge in [-0.2, -0.15) is 0 Å². The Morgan fingerprint density at radius 3 is 2.41 bits per heavy atom. The Bertz CT molecular complexity index is 213. The minimum absolute atomic E-state index is 0.808. The van der Waals surface area contributed by atoms with Crippen LogP contribution in [-0.2, 0) is 0 Å². The summed E-state index contributed by atoms with van der Waals surface area (Å²) in [7, 11) is 0. The van der Waals surface area contributed by atoms with Crippen LogP contribution in [0.3, 0.4) is 0 Å². The number of nitrogens with zero attached hydrogens (tertiary/aromatic N) is 1. The van der Waals surface area contributed by atoms with Crippen LogP contribution in [-0.4, -0.2) is 36.1 Å². The van der Waals surface area contributed by atoms with Gasteiger partial charge in [-0.05, 0) is 58.0 Å². The molecule has 0 aromatic heterocycles. The average Bonchev–Trinajstić information content (AvgIpc) is 3.07. The highest BCUT2D eigenvalue weighted by molar-refractivity contribution is 4.94. The van der Waals surface area contributed by atoms with Crippen LogP contribution >= 0.6 is 0 Å². The lowest BCUT2D eigenvalue weighted by Crippen LogP contribution is -2.38. The molecule has 2 aliphatic rings. The van der Waals surface area contributed by atoms with Crippen molar-refractivity contribution >= 4 is 0 Å². The van der Waals surface area contributed by atoms with Crippen LogP contribution in [0.1, 0.15) is 65.2 Å². The molecule has 17 heavy (non-hydrogen) atoms. The summed E-state index contributed by atoms with van der Waals surface area (Å²) < 4.78 is 0. The molecule has 2 rings (SSSR count). The van der Waals surface area contributed by atoms with E-state index in [1.165, 1.54) is 64.5 Å². The monoisotopic (exact) mass is 238 g/mol. The van der Waals surface area contributed by atoms with Crippen LogP contribution in [0.15, 0.2) is 0 Å². The highest BCUT2D eigenvalue weighted by Gasteiger charge is 2.36. The zero-order valence-electron chi connectivity index (χ0n) is 11.8. The lowest BCUT2D eigenvalue weighted by atomic mass is 10.1. The molecular formula is C15H30N2. The van der Waals surface area contributed by atoms with Crippen molar-refractivity contribution in [3.8, 4) is 0 Å². The SMILES string of the molecule is CCCCN(C1CC1)C1CCC(NCCC)C1. The number of hydrogen-bond donors (Lipinski definition) is 1. The smallest absolute Gasteiger partial charge is 0.0114 e. The second-order valence-electron chi connectivity index (χ2n) is 5.94. The predicted molar refractivity (Wildman–Crippen MR) is 74.4 cm³/mol. The minimum Gasteiger partial charge on any atom is -0.314 e. The normalized spacial score (nSPS) is 29.1. The van der Waals surface area contributed by atoms with Gasteiger partial charge in [-0.15, -0.1) is 0 Å². The van der Waals surface area contributed by atoms with E-state index < -0.39 is 0 Å². The topological polar surface area (TPSA) is 15.3 Å². The number of hydrogen-bond acceptors (Lipinski definition) is 2.